The van der Waals surface area contributed by atoms with Crippen LogP contribution in [0.25, 0.3) is 4.96 Å². The van der Waals surface area contributed by atoms with Crippen LogP contribution in [0.3, 0.4) is 0 Å². The summed E-state index contributed by atoms with van der Waals surface area (Å²) in [6.45, 7) is 5.46. The number of carbonyl (C=O) groups excluding carboxylic acids is 1. The lowest BCUT2D eigenvalue weighted by Gasteiger charge is -2.21. The van der Waals surface area contributed by atoms with Gasteiger partial charge in [-0.05, 0) is 25.0 Å². The Morgan fingerprint density at radius 2 is 2.18 bits per heavy atom. The summed E-state index contributed by atoms with van der Waals surface area (Å²) in [5.41, 5.74) is 3.25. The predicted molar refractivity (Wildman–Crippen MR) is 89.0 cm³/mol. The van der Waals surface area contributed by atoms with Crippen LogP contribution >= 0.6 is 11.3 Å². The van der Waals surface area contributed by atoms with Crippen LogP contribution in [0, 0.1) is 6.92 Å². The topological polar surface area (TPSA) is 37.6 Å². The molecule has 1 amide bonds. The number of aryl methyl sites for hydroxylation is 1. The number of amides is 1. The van der Waals surface area contributed by atoms with Crippen molar-refractivity contribution < 1.29 is 4.79 Å². The molecule has 0 atom stereocenters. The molecule has 0 aliphatic rings. The minimum Gasteiger partial charge on any atom is -0.338 e. The zero-order chi connectivity index (χ0) is 15.5. The molecule has 114 valence electrons. The molecule has 0 saturated carbocycles. The summed E-state index contributed by atoms with van der Waals surface area (Å²) in [6, 6.07) is 8.20. The molecule has 5 heteroatoms. The fraction of sp³-hybridized carbons (Fsp3) is 0.294. The van der Waals surface area contributed by atoms with Crippen LogP contribution in [-0.2, 0) is 17.8 Å². The van der Waals surface area contributed by atoms with Gasteiger partial charge in [0, 0.05) is 30.9 Å². The molecule has 0 radical (unpaired) electrons. The molecule has 2 heterocycles. The quantitative estimate of drug-likeness (QED) is 0.725. The van der Waals surface area contributed by atoms with E-state index in [9.17, 15) is 4.79 Å². The molecule has 0 saturated heterocycles. The summed E-state index contributed by atoms with van der Waals surface area (Å²) in [5.74, 6) is 0.122. The molecule has 3 rings (SSSR count). The first-order chi connectivity index (χ1) is 10.7. The first kappa shape index (κ1) is 14.8. The first-order valence-electron chi connectivity index (χ1n) is 7.40. The number of benzene rings is 1. The van der Waals surface area contributed by atoms with Gasteiger partial charge in [0.1, 0.15) is 0 Å². The highest BCUT2D eigenvalue weighted by atomic mass is 32.1. The van der Waals surface area contributed by atoms with Crippen LogP contribution in [0.2, 0.25) is 0 Å². The highest BCUT2D eigenvalue weighted by Gasteiger charge is 2.15. The maximum atomic E-state index is 12.5. The van der Waals surface area contributed by atoms with Gasteiger partial charge in [-0.15, -0.1) is 11.3 Å². The number of rotatable bonds is 5. The van der Waals surface area contributed by atoms with E-state index in [2.05, 4.69) is 24.0 Å². The fourth-order valence-corrected chi connectivity index (χ4v) is 3.22. The average Bonchev–Trinajstić information content (AvgIpc) is 3.07. The van der Waals surface area contributed by atoms with Crippen molar-refractivity contribution in [2.75, 3.05) is 6.54 Å². The Labute approximate surface area is 134 Å². The monoisotopic (exact) mass is 313 g/mol. The third kappa shape index (κ3) is 3.04. The van der Waals surface area contributed by atoms with E-state index >= 15 is 0 Å². The van der Waals surface area contributed by atoms with Crippen LogP contribution < -0.4 is 0 Å². The van der Waals surface area contributed by atoms with E-state index in [0.29, 0.717) is 19.5 Å². The van der Waals surface area contributed by atoms with Crippen molar-refractivity contribution in [2.24, 2.45) is 0 Å². The van der Waals surface area contributed by atoms with Crippen LogP contribution in [0.5, 0.6) is 0 Å². The Balaban J connectivity index is 1.71. The highest BCUT2D eigenvalue weighted by Crippen LogP contribution is 2.14. The molecule has 4 nitrogen and oxygen atoms in total. The molecular formula is C17H19N3OS. The number of nitrogens with zero attached hydrogens (tertiary/aromatic N) is 3. The minimum atomic E-state index is 0.122. The van der Waals surface area contributed by atoms with Gasteiger partial charge in [0.15, 0.2) is 4.96 Å². The summed E-state index contributed by atoms with van der Waals surface area (Å²) in [4.78, 5) is 19.8. The maximum absolute atomic E-state index is 12.5. The van der Waals surface area contributed by atoms with Gasteiger partial charge in [-0.2, -0.15) is 0 Å². The van der Waals surface area contributed by atoms with E-state index in [4.69, 9.17) is 0 Å². The average molecular weight is 313 g/mol. The summed E-state index contributed by atoms with van der Waals surface area (Å²) >= 11 is 1.58. The van der Waals surface area contributed by atoms with Crippen molar-refractivity contribution in [3.63, 3.8) is 0 Å². The van der Waals surface area contributed by atoms with Crippen molar-refractivity contribution >= 4 is 22.2 Å². The number of fused-ring (bicyclic) bond motifs is 1. The third-order valence-corrected chi connectivity index (χ3v) is 4.60. The second-order valence-electron chi connectivity index (χ2n) is 5.34. The second kappa shape index (κ2) is 6.32. The lowest BCUT2D eigenvalue weighted by Crippen LogP contribution is -2.32. The van der Waals surface area contributed by atoms with Gasteiger partial charge in [0.2, 0.25) is 5.91 Å². The highest BCUT2D eigenvalue weighted by molar-refractivity contribution is 7.15. The fourth-order valence-electron chi connectivity index (χ4n) is 2.50. The number of imidazole rings is 1. The Morgan fingerprint density at radius 3 is 2.91 bits per heavy atom. The number of aromatic nitrogens is 2. The van der Waals surface area contributed by atoms with Crippen LogP contribution in [-0.4, -0.2) is 26.7 Å². The van der Waals surface area contributed by atoms with Gasteiger partial charge in [0.25, 0.3) is 0 Å². The Morgan fingerprint density at radius 1 is 1.36 bits per heavy atom. The van der Waals surface area contributed by atoms with Crippen LogP contribution in [0.4, 0.5) is 0 Å². The molecule has 3 aromatic rings. The summed E-state index contributed by atoms with van der Waals surface area (Å²) in [5, 5.41) is 1.99. The Kier molecular flexibility index (Phi) is 4.24. The molecule has 0 N–H and O–H groups in total. The van der Waals surface area contributed by atoms with Crippen molar-refractivity contribution in [1.29, 1.82) is 0 Å². The number of thiazole rings is 1. The van der Waals surface area contributed by atoms with E-state index in [-0.39, 0.29) is 5.91 Å². The zero-order valence-electron chi connectivity index (χ0n) is 12.8. The molecule has 0 aliphatic carbocycles. The van der Waals surface area contributed by atoms with Gasteiger partial charge in [-0.25, -0.2) is 4.98 Å². The predicted octanol–water partition coefficient (Wildman–Crippen LogP) is 3.30. The van der Waals surface area contributed by atoms with Crippen molar-refractivity contribution in [1.82, 2.24) is 14.3 Å². The summed E-state index contributed by atoms with van der Waals surface area (Å²) in [7, 11) is 0. The van der Waals surface area contributed by atoms with Gasteiger partial charge < -0.3 is 4.90 Å². The lowest BCUT2D eigenvalue weighted by molar-refractivity contribution is -0.130. The van der Waals surface area contributed by atoms with Gasteiger partial charge in [-0.3, -0.25) is 9.20 Å². The van der Waals surface area contributed by atoms with Crippen molar-refractivity contribution in [3.8, 4) is 0 Å². The van der Waals surface area contributed by atoms with E-state index in [1.807, 2.05) is 46.1 Å². The molecule has 0 aliphatic heterocycles. The first-order valence-corrected chi connectivity index (χ1v) is 8.28. The van der Waals surface area contributed by atoms with E-state index in [1.54, 1.807) is 11.3 Å². The van der Waals surface area contributed by atoms with E-state index < -0.39 is 0 Å². The van der Waals surface area contributed by atoms with Crippen LogP contribution in [0.1, 0.15) is 23.7 Å². The largest absolute Gasteiger partial charge is 0.338 e. The van der Waals surface area contributed by atoms with E-state index in [1.165, 1.54) is 11.1 Å². The third-order valence-electron chi connectivity index (χ3n) is 3.83. The minimum absolute atomic E-state index is 0.122. The molecule has 0 unspecified atom stereocenters. The molecule has 2 aromatic heterocycles. The van der Waals surface area contributed by atoms with E-state index in [0.717, 1.165) is 10.7 Å². The summed E-state index contributed by atoms with van der Waals surface area (Å²) < 4.78 is 1.96. The number of hydrogen-bond donors (Lipinski definition) is 0. The lowest BCUT2D eigenvalue weighted by atomic mass is 10.1. The molecular weight excluding hydrogens is 294 g/mol. The second-order valence-corrected chi connectivity index (χ2v) is 6.21. The van der Waals surface area contributed by atoms with Gasteiger partial charge >= 0.3 is 0 Å². The Bertz CT molecular complexity index is 761. The molecule has 0 spiro atoms. The number of hydrogen-bond acceptors (Lipinski definition) is 3. The Hall–Kier alpha value is -2.14. The number of likely N-dealkylation sites (N-methyl/N-ethyl adjacent to an activating group) is 1. The number of carbonyl (C=O) groups is 1. The smallest absolute Gasteiger partial charge is 0.228 e. The molecule has 0 fully saturated rings. The van der Waals surface area contributed by atoms with Crippen molar-refractivity contribution in [3.05, 3.63) is 58.9 Å². The molecule has 22 heavy (non-hydrogen) atoms. The van der Waals surface area contributed by atoms with Crippen molar-refractivity contribution in [2.45, 2.75) is 26.8 Å². The van der Waals surface area contributed by atoms with Gasteiger partial charge in [-0.1, -0.05) is 24.3 Å². The SMILES string of the molecule is CCN(Cc1ccccc1C)C(=O)Cc1cn2ccsc2n1. The maximum Gasteiger partial charge on any atom is 0.228 e. The molecule has 0 bridgehead atoms. The van der Waals surface area contributed by atoms with Crippen LogP contribution in [0.15, 0.2) is 42.0 Å². The molecule has 1 aromatic carbocycles. The van der Waals surface area contributed by atoms with Gasteiger partial charge in [0.05, 0.1) is 12.1 Å². The zero-order valence-corrected chi connectivity index (χ0v) is 13.6. The standard InChI is InChI=1S/C17H19N3OS/c1-3-19(11-14-7-5-4-6-13(14)2)16(21)10-15-12-20-8-9-22-17(20)18-15/h4-9,12H,3,10-11H2,1-2H3. The normalized spacial score (nSPS) is 11.0. The summed E-state index contributed by atoms with van der Waals surface area (Å²) in [6.07, 6.45) is 4.26.